The maximum absolute atomic E-state index is 13.3. The molecule has 2 aromatic heterocycles. The van der Waals surface area contributed by atoms with Crippen molar-refractivity contribution < 1.29 is 27.1 Å². The molecule has 0 amide bonds. The number of benzene rings is 1. The molecule has 1 N–H and O–H groups in total. The lowest BCUT2D eigenvalue weighted by Gasteiger charge is -2.31. The first kappa shape index (κ1) is 20.5. The van der Waals surface area contributed by atoms with Crippen LogP contribution >= 0.6 is 11.3 Å². The summed E-state index contributed by atoms with van der Waals surface area (Å²) in [5.41, 5.74) is 1.04. The Morgan fingerprint density at radius 1 is 1.29 bits per heavy atom. The molecule has 2 fully saturated rings. The van der Waals surface area contributed by atoms with Crippen molar-refractivity contribution in [3.63, 3.8) is 0 Å². The number of piperazine rings is 1. The van der Waals surface area contributed by atoms with E-state index in [1.54, 1.807) is 24.6 Å². The summed E-state index contributed by atoms with van der Waals surface area (Å²) in [6.45, 7) is 3.03. The van der Waals surface area contributed by atoms with Gasteiger partial charge in [0, 0.05) is 49.4 Å². The molecule has 31 heavy (non-hydrogen) atoms. The fourth-order valence-corrected chi connectivity index (χ4v) is 4.98. The van der Waals surface area contributed by atoms with Crippen LogP contribution in [0, 0.1) is 0 Å². The van der Waals surface area contributed by atoms with Crippen molar-refractivity contribution in [2.45, 2.75) is 44.3 Å². The third-order valence-corrected chi connectivity index (χ3v) is 6.60. The topological polar surface area (TPSA) is 72.7 Å². The van der Waals surface area contributed by atoms with Gasteiger partial charge in [-0.1, -0.05) is 0 Å². The van der Waals surface area contributed by atoms with Crippen LogP contribution in [-0.4, -0.2) is 48.6 Å². The summed E-state index contributed by atoms with van der Waals surface area (Å²) in [6, 6.07) is 2.53. The molecule has 2 saturated heterocycles. The highest BCUT2D eigenvalue weighted by Gasteiger charge is 2.38. The number of halogens is 3. The number of fused-ring (bicyclic) bond motifs is 3. The van der Waals surface area contributed by atoms with Gasteiger partial charge < -0.3 is 24.1 Å². The van der Waals surface area contributed by atoms with Crippen molar-refractivity contribution in [3.8, 4) is 16.3 Å². The molecular formula is C20H21F3N4O3S. The SMILES string of the molecule is COC(C)c1cc(-c2nccs2)c2oc(N3CC4CCC(C3)N4)nc2c1OC(F)(F)F. The monoisotopic (exact) mass is 454 g/mol. The summed E-state index contributed by atoms with van der Waals surface area (Å²) in [5, 5.41) is 5.94. The molecular weight excluding hydrogens is 433 g/mol. The van der Waals surface area contributed by atoms with Crippen molar-refractivity contribution in [1.82, 2.24) is 15.3 Å². The first-order valence-corrected chi connectivity index (χ1v) is 10.9. The molecule has 2 aliphatic heterocycles. The Kier molecular flexibility index (Phi) is 5.06. The Balaban J connectivity index is 1.70. The molecule has 11 heteroatoms. The van der Waals surface area contributed by atoms with Crippen LogP contribution in [0.15, 0.2) is 22.1 Å². The van der Waals surface area contributed by atoms with E-state index in [-0.39, 0.29) is 16.7 Å². The summed E-state index contributed by atoms with van der Waals surface area (Å²) in [6.07, 6.45) is -1.79. The molecule has 0 radical (unpaired) electrons. The molecule has 1 aromatic carbocycles. The molecule has 5 rings (SSSR count). The van der Waals surface area contributed by atoms with Crippen LogP contribution < -0.4 is 15.0 Å². The smallest absolute Gasteiger partial charge is 0.422 e. The van der Waals surface area contributed by atoms with Crippen LogP contribution in [0.4, 0.5) is 19.2 Å². The maximum Gasteiger partial charge on any atom is 0.573 e. The number of rotatable bonds is 5. The fourth-order valence-electron chi connectivity index (χ4n) is 4.32. The van der Waals surface area contributed by atoms with Crippen LogP contribution in [0.5, 0.6) is 5.75 Å². The van der Waals surface area contributed by atoms with E-state index >= 15 is 0 Å². The van der Waals surface area contributed by atoms with Gasteiger partial charge in [0.1, 0.15) is 5.01 Å². The zero-order valence-corrected chi connectivity index (χ0v) is 17.7. The summed E-state index contributed by atoms with van der Waals surface area (Å²) in [5.74, 6) is -0.398. The average molecular weight is 454 g/mol. The Morgan fingerprint density at radius 2 is 2.03 bits per heavy atom. The van der Waals surface area contributed by atoms with Gasteiger partial charge in [0.2, 0.25) is 0 Å². The quantitative estimate of drug-likeness (QED) is 0.609. The molecule has 4 heterocycles. The first-order chi connectivity index (χ1) is 14.8. The number of ether oxygens (including phenoxy) is 2. The molecule has 3 unspecified atom stereocenters. The summed E-state index contributed by atoms with van der Waals surface area (Å²) in [7, 11) is 1.43. The van der Waals surface area contributed by atoms with Crippen LogP contribution in [0.25, 0.3) is 21.7 Å². The van der Waals surface area contributed by atoms with Crippen LogP contribution in [0.1, 0.15) is 31.4 Å². The second-order valence-electron chi connectivity index (χ2n) is 7.82. The largest absolute Gasteiger partial charge is 0.573 e. The van der Waals surface area contributed by atoms with Gasteiger partial charge >= 0.3 is 6.36 Å². The number of hydrogen-bond acceptors (Lipinski definition) is 8. The van der Waals surface area contributed by atoms with Gasteiger partial charge in [0.15, 0.2) is 16.8 Å². The summed E-state index contributed by atoms with van der Waals surface area (Å²) in [4.78, 5) is 10.8. The predicted octanol–water partition coefficient (Wildman–Crippen LogP) is 4.50. The van der Waals surface area contributed by atoms with Crippen molar-refractivity contribution in [2.75, 3.05) is 25.1 Å². The zero-order chi connectivity index (χ0) is 21.8. The van der Waals surface area contributed by atoms with Gasteiger partial charge in [-0.2, -0.15) is 4.98 Å². The van der Waals surface area contributed by atoms with Gasteiger partial charge in [0.25, 0.3) is 6.01 Å². The van der Waals surface area contributed by atoms with Gasteiger partial charge in [-0.05, 0) is 25.8 Å². The molecule has 2 bridgehead atoms. The third kappa shape index (κ3) is 3.85. The van der Waals surface area contributed by atoms with E-state index in [4.69, 9.17) is 9.15 Å². The lowest BCUT2D eigenvalue weighted by Crippen LogP contribution is -2.51. The van der Waals surface area contributed by atoms with Gasteiger partial charge in [-0.3, -0.25) is 0 Å². The number of nitrogens with zero attached hydrogens (tertiary/aromatic N) is 3. The standard InChI is InChI=1S/C20H21F3N4O3S/c1-10(28-2)13-7-14(18-24-5-6-31-18)16-15(17(13)30-20(21,22)23)26-19(29-16)27-8-11-3-4-12(9-27)25-11/h5-7,10-12,25H,3-4,8-9H2,1-2H3. The second kappa shape index (κ2) is 7.64. The Labute approximate surface area is 180 Å². The van der Waals surface area contributed by atoms with Crippen molar-refractivity contribution in [3.05, 3.63) is 23.2 Å². The highest BCUT2D eigenvalue weighted by Crippen LogP contribution is 2.44. The highest BCUT2D eigenvalue weighted by atomic mass is 32.1. The van der Waals surface area contributed by atoms with E-state index < -0.39 is 18.2 Å². The number of aromatic nitrogens is 2. The van der Waals surface area contributed by atoms with Gasteiger partial charge in [-0.25, -0.2) is 4.98 Å². The Bertz CT molecular complexity index is 1070. The minimum absolute atomic E-state index is 0.0183. The molecule has 166 valence electrons. The van der Waals surface area contributed by atoms with Crippen LogP contribution in [-0.2, 0) is 4.74 Å². The molecule has 0 aliphatic carbocycles. The number of methoxy groups -OCH3 is 1. The maximum atomic E-state index is 13.3. The second-order valence-corrected chi connectivity index (χ2v) is 8.72. The third-order valence-electron chi connectivity index (χ3n) is 5.80. The van der Waals surface area contributed by atoms with Crippen LogP contribution in [0.3, 0.4) is 0 Å². The molecule has 3 atom stereocenters. The number of oxazole rings is 1. The summed E-state index contributed by atoms with van der Waals surface area (Å²) < 4.78 is 55.8. The first-order valence-electron chi connectivity index (χ1n) is 9.99. The van der Waals surface area contributed by atoms with E-state index in [2.05, 4.69) is 20.0 Å². The molecule has 3 aromatic rings. The molecule has 0 spiro atoms. The highest BCUT2D eigenvalue weighted by molar-refractivity contribution is 7.13. The van der Waals surface area contributed by atoms with E-state index in [0.717, 1.165) is 12.8 Å². The lowest BCUT2D eigenvalue weighted by molar-refractivity contribution is -0.274. The Hall–Kier alpha value is -2.37. The fraction of sp³-hybridized carbons (Fsp3) is 0.500. The number of alkyl halides is 3. The zero-order valence-electron chi connectivity index (χ0n) is 16.9. The lowest BCUT2D eigenvalue weighted by atomic mass is 10.0. The predicted molar refractivity (Wildman–Crippen MR) is 109 cm³/mol. The van der Waals surface area contributed by atoms with E-state index in [0.29, 0.717) is 41.8 Å². The minimum atomic E-state index is -4.88. The van der Waals surface area contributed by atoms with E-state index in [9.17, 15) is 13.2 Å². The van der Waals surface area contributed by atoms with Crippen molar-refractivity contribution in [1.29, 1.82) is 0 Å². The van der Waals surface area contributed by atoms with Gasteiger partial charge in [0.05, 0.1) is 11.7 Å². The van der Waals surface area contributed by atoms with E-state index in [1.165, 1.54) is 18.4 Å². The summed E-state index contributed by atoms with van der Waals surface area (Å²) >= 11 is 1.37. The van der Waals surface area contributed by atoms with Crippen molar-refractivity contribution in [2.24, 2.45) is 0 Å². The molecule has 2 aliphatic rings. The number of anilines is 1. The minimum Gasteiger partial charge on any atom is -0.422 e. The molecule has 0 saturated carbocycles. The van der Waals surface area contributed by atoms with E-state index in [1.807, 2.05) is 4.90 Å². The van der Waals surface area contributed by atoms with Crippen LogP contribution in [0.2, 0.25) is 0 Å². The number of thiazole rings is 1. The average Bonchev–Trinajstić information content (AvgIpc) is 3.46. The normalized spacial score (nSPS) is 22.3. The number of hydrogen-bond donors (Lipinski definition) is 1. The Morgan fingerprint density at radius 3 is 2.65 bits per heavy atom. The van der Waals surface area contributed by atoms with Gasteiger partial charge in [-0.15, -0.1) is 24.5 Å². The number of nitrogens with one attached hydrogen (secondary N) is 1. The van der Waals surface area contributed by atoms with Crippen molar-refractivity contribution >= 4 is 28.5 Å². The molecule has 7 nitrogen and oxygen atoms in total.